The van der Waals surface area contributed by atoms with E-state index in [0.29, 0.717) is 19.6 Å². The molecule has 6 nitrogen and oxygen atoms in total. The zero-order valence-corrected chi connectivity index (χ0v) is 15.2. The van der Waals surface area contributed by atoms with Crippen molar-refractivity contribution < 1.29 is 8.42 Å². The van der Waals surface area contributed by atoms with Gasteiger partial charge in [-0.3, -0.25) is 0 Å². The lowest BCUT2D eigenvalue weighted by molar-refractivity contribution is 0.353. The number of guanidine groups is 1. The number of sulfone groups is 1. The highest BCUT2D eigenvalue weighted by molar-refractivity contribution is 7.92. The maximum Gasteiger partial charge on any atom is 0.194 e. The van der Waals surface area contributed by atoms with Crippen molar-refractivity contribution in [1.82, 2.24) is 15.2 Å². The van der Waals surface area contributed by atoms with Crippen LogP contribution in [0, 0.1) is 6.92 Å². The summed E-state index contributed by atoms with van der Waals surface area (Å²) in [4.78, 5) is 12.1. The number of nitrogens with zero attached hydrogens (tertiary/aromatic N) is 3. The molecule has 1 saturated heterocycles. The molecular formula is C14H24N4O2S2. The van der Waals surface area contributed by atoms with Crippen LogP contribution in [0.1, 0.15) is 31.3 Å². The standard InChI is InChI=1S/C14H24N4O2S2/c1-5-15-13(16-8-12-11(2)17-10-21-12)18-6-7-22(19,20)14(3,4)9-18/h10H,5-9H2,1-4H3,(H,15,16). The van der Waals surface area contributed by atoms with Crippen LogP contribution in [-0.4, -0.2) is 54.4 Å². The fourth-order valence-electron chi connectivity index (χ4n) is 2.37. The quantitative estimate of drug-likeness (QED) is 0.663. The maximum atomic E-state index is 12.1. The number of aryl methyl sites for hydroxylation is 1. The summed E-state index contributed by atoms with van der Waals surface area (Å²) < 4.78 is 23.5. The van der Waals surface area contributed by atoms with Crippen molar-refractivity contribution >= 4 is 27.1 Å². The number of aromatic nitrogens is 1. The van der Waals surface area contributed by atoms with Crippen LogP contribution in [0.2, 0.25) is 0 Å². The molecule has 0 spiro atoms. The van der Waals surface area contributed by atoms with E-state index in [-0.39, 0.29) is 5.75 Å². The van der Waals surface area contributed by atoms with Gasteiger partial charge in [0.25, 0.3) is 0 Å². The fourth-order valence-corrected chi connectivity index (χ4v) is 4.44. The van der Waals surface area contributed by atoms with E-state index < -0.39 is 14.6 Å². The van der Waals surface area contributed by atoms with Gasteiger partial charge >= 0.3 is 0 Å². The molecular weight excluding hydrogens is 320 g/mol. The van der Waals surface area contributed by atoms with Gasteiger partial charge < -0.3 is 10.2 Å². The van der Waals surface area contributed by atoms with Gasteiger partial charge in [-0.05, 0) is 27.7 Å². The Hall–Kier alpha value is -1.15. The second-order valence-corrected chi connectivity index (χ2v) is 9.71. The van der Waals surface area contributed by atoms with Crippen LogP contribution in [0.25, 0.3) is 0 Å². The molecule has 1 aromatic heterocycles. The summed E-state index contributed by atoms with van der Waals surface area (Å²) in [5.74, 6) is 0.947. The molecule has 0 aromatic carbocycles. The molecule has 0 aliphatic carbocycles. The van der Waals surface area contributed by atoms with Gasteiger partial charge in [0.1, 0.15) is 0 Å². The van der Waals surface area contributed by atoms with Crippen molar-refractivity contribution in [3.63, 3.8) is 0 Å². The first-order chi connectivity index (χ1) is 10.3. The van der Waals surface area contributed by atoms with Gasteiger partial charge in [-0.2, -0.15) is 0 Å². The van der Waals surface area contributed by atoms with E-state index in [2.05, 4.69) is 15.3 Å². The number of rotatable bonds is 3. The Morgan fingerprint density at radius 1 is 1.55 bits per heavy atom. The predicted octanol–water partition coefficient (Wildman–Crippen LogP) is 1.43. The van der Waals surface area contributed by atoms with Crippen molar-refractivity contribution in [2.75, 3.05) is 25.4 Å². The van der Waals surface area contributed by atoms with Gasteiger partial charge in [-0.25, -0.2) is 18.4 Å². The molecule has 0 radical (unpaired) electrons. The van der Waals surface area contributed by atoms with Crippen LogP contribution in [0.3, 0.4) is 0 Å². The highest BCUT2D eigenvalue weighted by atomic mass is 32.2. The van der Waals surface area contributed by atoms with Crippen molar-refractivity contribution in [3.8, 4) is 0 Å². The lowest BCUT2D eigenvalue weighted by Gasteiger charge is -2.39. The number of thiazole rings is 1. The van der Waals surface area contributed by atoms with Crippen molar-refractivity contribution in [2.45, 2.75) is 39.0 Å². The first kappa shape index (κ1) is 17.2. The summed E-state index contributed by atoms with van der Waals surface area (Å²) in [5.41, 5.74) is 2.83. The fraction of sp³-hybridized carbons (Fsp3) is 0.714. The van der Waals surface area contributed by atoms with Crippen LogP contribution in [0.4, 0.5) is 0 Å². The van der Waals surface area contributed by atoms with Gasteiger partial charge in [-0.15, -0.1) is 11.3 Å². The first-order valence-electron chi connectivity index (χ1n) is 7.41. The average molecular weight is 345 g/mol. The second-order valence-electron chi connectivity index (χ2n) is 6.03. The van der Waals surface area contributed by atoms with Crippen molar-refractivity contribution in [2.24, 2.45) is 4.99 Å². The zero-order valence-electron chi connectivity index (χ0n) is 13.6. The molecule has 22 heavy (non-hydrogen) atoms. The topological polar surface area (TPSA) is 74.7 Å². The lowest BCUT2D eigenvalue weighted by Crippen LogP contribution is -2.57. The van der Waals surface area contributed by atoms with Crippen LogP contribution < -0.4 is 5.32 Å². The summed E-state index contributed by atoms with van der Waals surface area (Å²) in [6.45, 7) is 9.83. The number of hydrogen-bond donors (Lipinski definition) is 1. The zero-order chi connectivity index (χ0) is 16.4. The van der Waals surface area contributed by atoms with E-state index in [9.17, 15) is 8.42 Å². The molecule has 0 bridgehead atoms. The minimum absolute atomic E-state index is 0.171. The van der Waals surface area contributed by atoms with Crippen LogP contribution >= 0.6 is 11.3 Å². The minimum Gasteiger partial charge on any atom is -0.357 e. The Morgan fingerprint density at radius 2 is 2.27 bits per heavy atom. The SMILES string of the molecule is CCNC(=NCc1scnc1C)N1CCS(=O)(=O)C(C)(C)C1. The second kappa shape index (κ2) is 6.54. The number of aliphatic imine (C=N–C) groups is 1. The van der Waals surface area contributed by atoms with Gasteiger partial charge in [-0.1, -0.05) is 0 Å². The highest BCUT2D eigenvalue weighted by Gasteiger charge is 2.40. The third kappa shape index (κ3) is 3.60. The van der Waals surface area contributed by atoms with E-state index >= 15 is 0 Å². The Kier molecular flexibility index (Phi) is 5.11. The van der Waals surface area contributed by atoms with E-state index in [0.717, 1.165) is 23.1 Å². The molecule has 2 rings (SSSR count). The van der Waals surface area contributed by atoms with E-state index in [1.165, 1.54) is 0 Å². The van der Waals surface area contributed by atoms with Gasteiger partial charge in [0, 0.05) is 24.5 Å². The van der Waals surface area contributed by atoms with E-state index in [4.69, 9.17) is 0 Å². The van der Waals surface area contributed by atoms with Crippen molar-refractivity contribution in [3.05, 3.63) is 16.1 Å². The molecule has 2 heterocycles. The average Bonchev–Trinajstić information content (AvgIpc) is 2.83. The van der Waals surface area contributed by atoms with Crippen LogP contribution in [0.15, 0.2) is 10.5 Å². The third-order valence-electron chi connectivity index (χ3n) is 3.90. The number of hydrogen-bond acceptors (Lipinski definition) is 5. The molecule has 1 aliphatic heterocycles. The van der Waals surface area contributed by atoms with Gasteiger partial charge in [0.15, 0.2) is 15.8 Å². The summed E-state index contributed by atoms with van der Waals surface area (Å²) in [6, 6.07) is 0. The monoisotopic (exact) mass is 344 g/mol. The molecule has 1 aromatic rings. The van der Waals surface area contributed by atoms with Gasteiger partial charge in [0.2, 0.25) is 0 Å². The number of nitrogens with one attached hydrogen (secondary N) is 1. The smallest absolute Gasteiger partial charge is 0.194 e. The Labute approximate surface area is 136 Å². The highest BCUT2D eigenvalue weighted by Crippen LogP contribution is 2.24. The summed E-state index contributed by atoms with van der Waals surface area (Å²) in [5, 5.41) is 3.26. The molecule has 8 heteroatoms. The normalized spacial score (nSPS) is 20.9. The van der Waals surface area contributed by atoms with E-state index in [1.807, 2.05) is 24.3 Å². The predicted molar refractivity (Wildman–Crippen MR) is 91.1 cm³/mol. The first-order valence-corrected chi connectivity index (χ1v) is 9.94. The molecule has 0 saturated carbocycles. The Balaban J connectivity index is 2.16. The Bertz CT molecular complexity index is 650. The third-order valence-corrected chi connectivity index (χ3v) is 7.35. The molecule has 1 aliphatic rings. The van der Waals surface area contributed by atoms with Gasteiger partial charge in [0.05, 0.1) is 28.2 Å². The lowest BCUT2D eigenvalue weighted by atomic mass is 10.2. The summed E-state index contributed by atoms with van der Waals surface area (Å²) in [7, 11) is -3.04. The molecule has 1 fully saturated rings. The molecule has 124 valence electrons. The molecule has 0 unspecified atom stereocenters. The van der Waals surface area contributed by atoms with E-state index in [1.54, 1.807) is 25.2 Å². The summed E-state index contributed by atoms with van der Waals surface area (Å²) >= 11 is 1.60. The molecule has 1 N–H and O–H groups in total. The Morgan fingerprint density at radius 3 is 2.82 bits per heavy atom. The maximum absolute atomic E-state index is 12.1. The molecule has 0 amide bonds. The van der Waals surface area contributed by atoms with Crippen molar-refractivity contribution in [1.29, 1.82) is 0 Å². The van der Waals surface area contributed by atoms with Crippen LogP contribution in [0.5, 0.6) is 0 Å². The molecule has 0 atom stereocenters. The summed E-state index contributed by atoms with van der Waals surface area (Å²) in [6.07, 6.45) is 0. The minimum atomic E-state index is -3.04. The largest absolute Gasteiger partial charge is 0.357 e. The van der Waals surface area contributed by atoms with Crippen LogP contribution in [-0.2, 0) is 16.4 Å².